The van der Waals surface area contributed by atoms with Crippen LogP contribution in [0.2, 0.25) is 0 Å². The minimum absolute atomic E-state index is 0.0331. The van der Waals surface area contributed by atoms with Crippen molar-refractivity contribution in [2.24, 2.45) is 0 Å². The predicted molar refractivity (Wildman–Crippen MR) is 209 cm³/mol. The molecular weight excluding hydrogens is 661 g/mol. The lowest BCUT2D eigenvalue weighted by Gasteiger charge is -2.27. The van der Waals surface area contributed by atoms with E-state index in [9.17, 15) is 19.2 Å². The SMILES string of the molecule is C[NH2+]c1ccccc1C(C)(C)C/C=C/C=C/C=C/C=C1/N(CCCCNC(=O)CNC(=O)CNC(=O)CNC(=O)CS)c2ccccc2C1(C)C. The van der Waals surface area contributed by atoms with Crippen molar-refractivity contribution in [3.63, 3.8) is 0 Å². The van der Waals surface area contributed by atoms with Crippen molar-refractivity contribution >= 4 is 47.6 Å². The number of para-hydroxylation sites is 2. The fourth-order valence-electron chi connectivity index (χ4n) is 6.04. The van der Waals surface area contributed by atoms with E-state index in [0.717, 1.165) is 25.8 Å². The van der Waals surface area contributed by atoms with E-state index in [2.05, 4.69) is 170 Å². The van der Waals surface area contributed by atoms with E-state index in [1.165, 1.54) is 28.2 Å². The number of rotatable bonds is 19. The third-order valence-electron chi connectivity index (χ3n) is 8.88. The lowest BCUT2D eigenvalue weighted by atomic mass is 9.80. The summed E-state index contributed by atoms with van der Waals surface area (Å²) in [6, 6.07) is 17.1. The summed E-state index contributed by atoms with van der Waals surface area (Å²) in [6.45, 7) is 9.63. The monoisotopic (exact) mass is 715 g/mol. The minimum Gasteiger partial charge on any atom is -0.355 e. The van der Waals surface area contributed by atoms with Gasteiger partial charge in [0.1, 0.15) is 5.69 Å². The molecule has 0 bridgehead atoms. The van der Waals surface area contributed by atoms with Crippen LogP contribution in [0.4, 0.5) is 11.4 Å². The predicted octanol–water partition coefficient (Wildman–Crippen LogP) is 3.70. The first kappa shape index (κ1) is 40.8. The number of amides is 4. The number of thiol groups is 1. The molecule has 51 heavy (non-hydrogen) atoms. The van der Waals surface area contributed by atoms with Gasteiger partial charge in [-0.05, 0) is 48.4 Å². The van der Waals surface area contributed by atoms with Crippen LogP contribution in [0.15, 0.2) is 96.8 Å². The molecule has 0 spiro atoms. The van der Waals surface area contributed by atoms with Crippen LogP contribution in [0.25, 0.3) is 0 Å². The number of benzene rings is 2. The summed E-state index contributed by atoms with van der Waals surface area (Å²) in [5.74, 6) is -1.73. The molecule has 6 N–H and O–H groups in total. The summed E-state index contributed by atoms with van der Waals surface area (Å²) < 4.78 is 0. The summed E-state index contributed by atoms with van der Waals surface area (Å²) in [7, 11) is 2.09. The van der Waals surface area contributed by atoms with Crippen LogP contribution in [0.5, 0.6) is 0 Å². The van der Waals surface area contributed by atoms with Gasteiger partial charge in [0.15, 0.2) is 0 Å². The van der Waals surface area contributed by atoms with Gasteiger partial charge in [-0.1, -0.05) is 101 Å². The number of quaternary nitrogens is 1. The molecule has 0 aliphatic carbocycles. The number of hydrogen-bond acceptors (Lipinski definition) is 6. The quantitative estimate of drug-likeness (QED) is 0.0571. The lowest BCUT2D eigenvalue weighted by molar-refractivity contribution is -0.540. The lowest BCUT2D eigenvalue weighted by Crippen LogP contribution is -2.73. The maximum atomic E-state index is 12.3. The maximum absolute atomic E-state index is 12.3. The number of nitrogens with zero attached hydrogens (tertiary/aromatic N) is 1. The highest BCUT2D eigenvalue weighted by atomic mass is 32.1. The van der Waals surface area contributed by atoms with Crippen LogP contribution < -0.4 is 31.5 Å². The van der Waals surface area contributed by atoms with Crippen molar-refractivity contribution in [2.45, 2.75) is 57.8 Å². The summed E-state index contributed by atoms with van der Waals surface area (Å²) in [6.07, 6.45) is 17.4. The second-order valence-electron chi connectivity index (χ2n) is 13.6. The summed E-state index contributed by atoms with van der Waals surface area (Å²) in [4.78, 5) is 49.5. The average Bonchev–Trinajstić information content (AvgIpc) is 3.34. The average molecular weight is 716 g/mol. The Bertz CT molecular complexity index is 1630. The van der Waals surface area contributed by atoms with Crippen LogP contribution >= 0.6 is 12.6 Å². The van der Waals surface area contributed by atoms with E-state index in [-0.39, 0.29) is 48.0 Å². The molecule has 11 heteroatoms. The maximum Gasteiger partial charge on any atom is 0.239 e. The molecule has 2 aromatic carbocycles. The van der Waals surface area contributed by atoms with Gasteiger partial charge < -0.3 is 31.5 Å². The van der Waals surface area contributed by atoms with Gasteiger partial charge >= 0.3 is 0 Å². The van der Waals surface area contributed by atoms with Crippen molar-refractivity contribution in [1.29, 1.82) is 0 Å². The van der Waals surface area contributed by atoms with Gasteiger partial charge in [0, 0.05) is 35.5 Å². The van der Waals surface area contributed by atoms with Crippen LogP contribution in [-0.4, -0.2) is 69.2 Å². The van der Waals surface area contributed by atoms with E-state index in [1.807, 2.05) is 0 Å². The van der Waals surface area contributed by atoms with E-state index in [1.54, 1.807) is 0 Å². The Labute approximate surface area is 308 Å². The molecule has 0 fully saturated rings. The van der Waals surface area contributed by atoms with Crippen molar-refractivity contribution in [2.75, 3.05) is 50.4 Å². The normalized spacial score (nSPS) is 14.7. The topological polar surface area (TPSA) is 136 Å². The number of anilines is 1. The van der Waals surface area contributed by atoms with Crippen molar-refractivity contribution < 1.29 is 24.5 Å². The van der Waals surface area contributed by atoms with Crippen molar-refractivity contribution in [3.8, 4) is 0 Å². The Morgan fingerprint density at radius 3 is 2.06 bits per heavy atom. The molecule has 0 atom stereocenters. The van der Waals surface area contributed by atoms with Gasteiger partial charge in [0.25, 0.3) is 0 Å². The fourth-order valence-corrected chi connectivity index (χ4v) is 6.15. The van der Waals surface area contributed by atoms with Gasteiger partial charge in [0.05, 0.1) is 32.4 Å². The first-order valence-corrected chi connectivity index (χ1v) is 18.2. The molecule has 0 saturated heterocycles. The number of nitrogens with two attached hydrogens (primary N) is 1. The largest absolute Gasteiger partial charge is 0.355 e. The highest BCUT2D eigenvalue weighted by molar-refractivity contribution is 7.81. The summed E-state index contributed by atoms with van der Waals surface area (Å²) >= 11 is 3.81. The molecule has 1 aliphatic heterocycles. The van der Waals surface area contributed by atoms with Gasteiger partial charge in [-0.15, -0.1) is 0 Å². The molecule has 274 valence electrons. The van der Waals surface area contributed by atoms with Crippen LogP contribution in [-0.2, 0) is 30.0 Å². The van der Waals surface area contributed by atoms with Crippen molar-refractivity contribution in [3.05, 3.63) is 108 Å². The van der Waals surface area contributed by atoms with E-state index >= 15 is 0 Å². The fraction of sp³-hybridized carbons (Fsp3) is 0.400. The highest BCUT2D eigenvalue weighted by Crippen LogP contribution is 2.47. The molecule has 0 radical (unpaired) electrons. The third-order valence-corrected chi connectivity index (χ3v) is 9.16. The van der Waals surface area contributed by atoms with E-state index in [0.29, 0.717) is 6.54 Å². The van der Waals surface area contributed by atoms with Gasteiger partial charge in [-0.3, -0.25) is 19.2 Å². The molecule has 0 unspecified atom stereocenters. The number of carbonyl (C=O) groups is 4. The number of hydrogen-bond donors (Lipinski definition) is 6. The van der Waals surface area contributed by atoms with E-state index in [4.69, 9.17) is 0 Å². The number of allylic oxidation sites excluding steroid dienone is 8. The molecule has 4 amide bonds. The minimum atomic E-state index is -0.508. The summed E-state index contributed by atoms with van der Waals surface area (Å²) in [5.41, 5.74) is 6.24. The molecule has 10 nitrogen and oxygen atoms in total. The molecule has 0 aromatic heterocycles. The molecule has 2 aromatic rings. The van der Waals surface area contributed by atoms with Gasteiger partial charge in [0.2, 0.25) is 23.6 Å². The molecule has 3 rings (SSSR count). The Balaban J connectivity index is 1.46. The number of unbranched alkanes of at least 4 members (excludes halogenated alkanes) is 1. The standard InChI is InChI=1S/C40H54N6O4S/c1-39(2,30-18-11-13-20-32(30)41-5)23-15-9-7-6-8-10-22-34-40(3,4)31-19-12-14-21-33(31)46(34)25-17-16-24-42-35(47)26-43-36(48)27-44-37(49)28-45-38(50)29-51/h6-15,18-22,41,51H,16-17,23-29H2,1-5H3,(H,42,47)(H,43,48)(H,44,49)(H,45,50)/p+1/b7-6+,10-8+,15-9+,34-22+. The van der Waals surface area contributed by atoms with Gasteiger partial charge in [-0.2, -0.15) is 12.6 Å². The Morgan fingerprint density at radius 2 is 1.37 bits per heavy atom. The number of nitrogens with one attached hydrogen (secondary N) is 4. The zero-order valence-corrected chi connectivity index (χ0v) is 31.5. The number of carbonyl (C=O) groups excluding carboxylic acids is 4. The smallest absolute Gasteiger partial charge is 0.239 e. The van der Waals surface area contributed by atoms with Crippen LogP contribution in [0.1, 0.15) is 58.1 Å². The Kier molecular flexibility index (Phi) is 16.2. The van der Waals surface area contributed by atoms with Crippen LogP contribution in [0.3, 0.4) is 0 Å². The first-order valence-electron chi connectivity index (χ1n) is 17.5. The number of fused-ring (bicyclic) bond motifs is 1. The van der Waals surface area contributed by atoms with Crippen molar-refractivity contribution in [1.82, 2.24) is 21.3 Å². The first-order chi connectivity index (χ1) is 24.4. The zero-order chi connectivity index (χ0) is 37.3. The van der Waals surface area contributed by atoms with Crippen LogP contribution in [0, 0.1) is 0 Å². The van der Waals surface area contributed by atoms with E-state index < -0.39 is 11.8 Å². The van der Waals surface area contributed by atoms with Gasteiger partial charge in [-0.25, -0.2) is 0 Å². The second kappa shape index (κ2) is 20.3. The molecular formula is C40H55N6O4S+. The highest BCUT2D eigenvalue weighted by Gasteiger charge is 2.39. The third kappa shape index (κ3) is 12.6. The molecule has 1 heterocycles. The Morgan fingerprint density at radius 1 is 0.784 bits per heavy atom. The Hall–Kier alpha value is -4.61. The molecule has 1 aliphatic rings. The molecule has 0 saturated carbocycles. The zero-order valence-electron chi connectivity index (χ0n) is 30.6. The second-order valence-corrected chi connectivity index (χ2v) is 13.9. The summed E-state index contributed by atoms with van der Waals surface area (Å²) in [5, 5.41) is 12.2.